The molecule has 3 rings (SSSR count). The topological polar surface area (TPSA) is 113 Å². The van der Waals surface area contributed by atoms with Gasteiger partial charge >= 0.3 is 0 Å². The molecule has 0 spiro atoms. The predicted molar refractivity (Wildman–Crippen MR) is 97.3 cm³/mol. The SMILES string of the molecule is CNC(=O)C1CC(O)CN1C(=O)[C@H](C(C)C)n1cc(-c2ccncc2)nn1. The molecular formula is C18H24N6O3. The summed E-state index contributed by atoms with van der Waals surface area (Å²) >= 11 is 0. The fourth-order valence-corrected chi connectivity index (χ4v) is 3.41. The standard InChI is InChI=1S/C18H24N6O3/c1-11(2)16(18(27)23-9-13(25)8-15(23)17(26)19-3)24-10-14(21-22-24)12-4-6-20-7-5-12/h4-7,10-11,13,15-16,25H,8-9H2,1-3H3,(H,19,26)/t13?,15?,16-/m0/s1. The summed E-state index contributed by atoms with van der Waals surface area (Å²) in [5.41, 5.74) is 1.49. The van der Waals surface area contributed by atoms with Gasteiger partial charge in [-0.25, -0.2) is 4.68 Å². The number of likely N-dealkylation sites (tertiary alicyclic amines) is 1. The number of carbonyl (C=O) groups excluding carboxylic acids is 2. The van der Waals surface area contributed by atoms with Crippen LogP contribution in [0.1, 0.15) is 26.3 Å². The zero-order chi connectivity index (χ0) is 19.6. The quantitative estimate of drug-likeness (QED) is 0.778. The van der Waals surface area contributed by atoms with Crippen molar-refractivity contribution >= 4 is 11.8 Å². The van der Waals surface area contributed by atoms with E-state index >= 15 is 0 Å². The molecule has 0 aliphatic carbocycles. The fourth-order valence-electron chi connectivity index (χ4n) is 3.41. The van der Waals surface area contributed by atoms with Crippen molar-refractivity contribution in [3.63, 3.8) is 0 Å². The van der Waals surface area contributed by atoms with Crippen LogP contribution in [0.3, 0.4) is 0 Å². The van der Waals surface area contributed by atoms with Gasteiger partial charge in [-0.15, -0.1) is 5.10 Å². The average Bonchev–Trinajstić information content (AvgIpc) is 3.28. The number of likely N-dealkylation sites (N-methyl/N-ethyl adjacent to an activating group) is 1. The summed E-state index contributed by atoms with van der Waals surface area (Å²) in [5.74, 6) is -0.604. The first-order valence-electron chi connectivity index (χ1n) is 8.94. The van der Waals surface area contributed by atoms with Crippen LogP contribution in [0, 0.1) is 5.92 Å². The number of pyridine rings is 1. The number of β-amino-alcohol motifs (C(OH)–C–C–N with tert-alkyl or cyclic N) is 1. The van der Waals surface area contributed by atoms with Gasteiger partial charge < -0.3 is 15.3 Å². The second-order valence-corrected chi connectivity index (χ2v) is 7.02. The number of aliphatic hydroxyl groups is 1. The Morgan fingerprint density at radius 3 is 2.63 bits per heavy atom. The summed E-state index contributed by atoms with van der Waals surface area (Å²) < 4.78 is 1.54. The van der Waals surface area contributed by atoms with Crippen LogP contribution in [0.2, 0.25) is 0 Å². The first kappa shape index (κ1) is 19.0. The average molecular weight is 372 g/mol. The molecule has 2 amide bonds. The van der Waals surface area contributed by atoms with Gasteiger partial charge in [0.05, 0.1) is 12.3 Å². The molecule has 0 saturated carbocycles. The van der Waals surface area contributed by atoms with Crippen molar-refractivity contribution in [1.29, 1.82) is 0 Å². The van der Waals surface area contributed by atoms with Crippen LogP contribution >= 0.6 is 0 Å². The Hall–Kier alpha value is -2.81. The lowest BCUT2D eigenvalue weighted by atomic mass is 10.0. The third kappa shape index (κ3) is 3.82. The molecule has 9 heteroatoms. The minimum atomic E-state index is -0.716. The Balaban J connectivity index is 1.88. The predicted octanol–water partition coefficient (Wildman–Crippen LogP) is 0.245. The van der Waals surface area contributed by atoms with Crippen LogP contribution in [0.15, 0.2) is 30.7 Å². The smallest absolute Gasteiger partial charge is 0.248 e. The van der Waals surface area contributed by atoms with Crippen LogP contribution in [0.5, 0.6) is 0 Å². The summed E-state index contributed by atoms with van der Waals surface area (Å²) in [5, 5.41) is 20.9. The fraction of sp³-hybridized carbons (Fsp3) is 0.500. The maximum atomic E-state index is 13.2. The van der Waals surface area contributed by atoms with Gasteiger partial charge in [0.2, 0.25) is 11.8 Å². The Kier molecular flexibility index (Phi) is 5.50. The first-order chi connectivity index (χ1) is 12.9. The Labute approximate surface area is 157 Å². The number of aliphatic hydroxyl groups excluding tert-OH is 1. The van der Waals surface area contributed by atoms with E-state index in [9.17, 15) is 14.7 Å². The van der Waals surface area contributed by atoms with Crippen molar-refractivity contribution in [3.05, 3.63) is 30.7 Å². The molecule has 1 aliphatic rings. The maximum absolute atomic E-state index is 13.2. The molecular weight excluding hydrogens is 348 g/mol. The second-order valence-electron chi connectivity index (χ2n) is 7.02. The van der Waals surface area contributed by atoms with Crippen molar-refractivity contribution in [2.45, 2.75) is 38.5 Å². The summed E-state index contributed by atoms with van der Waals surface area (Å²) in [7, 11) is 1.52. The van der Waals surface area contributed by atoms with E-state index in [1.807, 2.05) is 26.0 Å². The zero-order valence-corrected chi connectivity index (χ0v) is 15.6. The number of amides is 2. The van der Waals surface area contributed by atoms with E-state index in [2.05, 4.69) is 20.6 Å². The molecule has 0 aromatic carbocycles. The van der Waals surface area contributed by atoms with Gasteiger partial charge in [0.15, 0.2) is 0 Å². The number of aromatic nitrogens is 4. The highest BCUT2D eigenvalue weighted by atomic mass is 16.3. The molecule has 2 aromatic rings. The number of nitrogens with zero attached hydrogens (tertiary/aromatic N) is 5. The molecule has 0 bridgehead atoms. The van der Waals surface area contributed by atoms with E-state index < -0.39 is 18.2 Å². The van der Waals surface area contributed by atoms with E-state index in [-0.39, 0.29) is 30.7 Å². The molecule has 0 radical (unpaired) electrons. The van der Waals surface area contributed by atoms with Gasteiger partial charge in [-0.1, -0.05) is 19.1 Å². The van der Waals surface area contributed by atoms with Crippen LogP contribution in [-0.2, 0) is 9.59 Å². The molecule has 3 heterocycles. The van der Waals surface area contributed by atoms with Crippen LogP contribution in [-0.4, -0.2) is 67.5 Å². The summed E-state index contributed by atoms with van der Waals surface area (Å²) in [4.78, 5) is 30.8. The number of hydrogen-bond acceptors (Lipinski definition) is 6. The number of carbonyl (C=O) groups is 2. The van der Waals surface area contributed by atoms with Crippen molar-refractivity contribution in [2.75, 3.05) is 13.6 Å². The normalized spacial score (nSPS) is 20.7. The number of hydrogen-bond donors (Lipinski definition) is 2. The molecule has 1 fully saturated rings. The highest BCUT2D eigenvalue weighted by molar-refractivity contribution is 5.90. The van der Waals surface area contributed by atoms with E-state index in [4.69, 9.17) is 0 Å². The zero-order valence-electron chi connectivity index (χ0n) is 15.6. The van der Waals surface area contributed by atoms with Crippen molar-refractivity contribution in [1.82, 2.24) is 30.2 Å². The second kappa shape index (κ2) is 7.83. The highest BCUT2D eigenvalue weighted by Gasteiger charge is 2.42. The van der Waals surface area contributed by atoms with Gasteiger partial charge in [-0.05, 0) is 18.1 Å². The van der Waals surface area contributed by atoms with Crippen LogP contribution < -0.4 is 5.32 Å². The molecule has 2 N–H and O–H groups in total. The van der Waals surface area contributed by atoms with E-state index in [1.165, 1.54) is 16.6 Å². The number of nitrogens with one attached hydrogen (secondary N) is 1. The van der Waals surface area contributed by atoms with Crippen molar-refractivity contribution in [3.8, 4) is 11.3 Å². The summed E-state index contributed by atoms with van der Waals surface area (Å²) in [6, 6.07) is 2.34. The molecule has 27 heavy (non-hydrogen) atoms. The van der Waals surface area contributed by atoms with E-state index in [1.54, 1.807) is 18.6 Å². The van der Waals surface area contributed by atoms with Gasteiger partial charge in [0, 0.05) is 38.0 Å². The summed E-state index contributed by atoms with van der Waals surface area (Å²) in [6.45, 7) is 3.96. The van der Waals surface area contributed by atoms with Crippen LogP contribution in [0.25, 0.3) is 11.3 Å². The Bertz CT molecular complexity index is 806. The summed E-state index contributed by atoms with van der Waals surface area (Å²) in [6.07, 6.45) is 4.57. The van der Waals surface area contributed by atoms with Gasteiger partial charge in [-0.3, -0.25) is 14.6 Å². The Morgan fingerprint density at radius 1 is 1.30 bits per heavy atom. The van der Waals surface area contributed by atoms with Gasteiger partial charge in [-0.2, -0.15) is 0 Å². The lowest BCUT2D eigenvalue weighted by Crippen LogP contribution is -2.48. The monoisotopic (exact) mass is 372 g/mol. The molecule has 9 nitrogen and oxygen atoms in total. The third-order valence-electron chi connectivity index (χ3n) is 4.77. The van der Waals surface area contributed by atoms with Crippen molar-refractivity contribution < 1.29 is 14.7 Å². The van der Waals surface area contributed by atoms with Gasteiger partial charge in [0.25, 0.3) is 0 Å². The number of rotatable bonds is 5. The van der Waals surface area contributed by atoms with Crippen molar-refractivity contribution in [2.24, 2.45) is 5.92 Å². The minimum Gasteiger partial charge on any atom is -0.391 e. The Morgan fingerprint density at radius 2 is 2.00 bits per heavy atom. The minimum absolute atomic E-state index is 0.0763. The largest absolute Gasteiger partial charge is 0.391 e. The lowest BCUT2D eigenvalue weighted by molar-refractivity contribution is -0.142. The van der Waals surface area contributed by atoms with E-state index in [0.717, 1.165) is 5.56 Å². The molecule has 3 atom stereocenters. The van der Waals surface area contributed by atoms with E-state index in [0.29, 0.717) is 5.69 Å². The molecule has 1 aliphatic heterocycles. The molecule has 144 valence electrons. The third-order valence-corrected chi connectivity index (χ3v) is 4.77. The van der Waals surface area contributed by atoms with Gasteiger partial charge in [0.1, 0.15) is 17.8 Å². The first-order valence-corrected chi connectivity index (χ1v) is 8.94. The molecule has 1 saturated heterocycles. The lowest BCUT2D eigenvalue weighted by Gasteiger charge is -2.29. The molecule has 2 unspecified atom stereocenters. The van der Waals surface area contributed by atoms with Crippen LogP contribution in [0.4, 0.5) is 0 Å². The highest BCUT2D eigenvalue weighted by Crippen LogP contribution is 2.27. The maximum Gasteiger partial charge on any atom is 0.248 e. The molecule has 2 aromatic heterocycles.